The Morgan fingerprint density at radius 1 is 0.559 bits per heavy atom. The van der Waals surface area contributed by atoms with Crippen molar-refractivity contribution >= 4 is 23.7 Å². The predicted molar refractivity (Wildman–Crippen MR) is 151 cm³/mol. The molecule has 0 N–H and O–H groups in total. The summed E-state index contributed by atoms with van der Waals surface area (Å²) in [4.78, 5) is 0. The van der Waals surface area contributed by atoms with Gasteiger partial charge in [-0.3, -0.25) is 0 Å². The lowest BCUT2D eigenvalue weighted by molar-refractivity contribution is 0.862. The molecule has 5 rings (SSSR count). The van der Waals surface area contributed by atoms with Crippen molar-refractivity contribution in [3.05, 3.63) is 124 Å². The van der Waals surface area contributed by atoms with E-state index in [1.54, 1.807) is 10.4 Å². The van der Waals surface area contributed by atoms with Crippen LogP contribution in [-0.4, -0.2) is 8.07 Å². The molecule has 3 aromatic carbocycles. The molecule has 0 bridgehead atoms. The molecule has 172 valence electrons. The molecule has 0 aromatic heterocycles. The predicted octanol–water partition coefficient (Wildman–Crippen LogP) is 8.38. The van der Waals surface area contributed by atoms with Crippen LogP contribution in [0.25, 0.3) is 10.4 Å². The zero-order valence-corrected chi connectivity index (χ0v) is 22.7. The minimum Gasteiger partial charge on any atom is -0.0642 e. The van der Waals surface area contributed by atoms with E-state index in [-0.39, 0.29) is 0 Å². The summed E-state index contributed by atoms with van der Waals surface area (Å²) in [6.07, 6.45) is 4.88. The summed E-state index contributed by atoms with van der Waals surface area (Å²) in [7, 11) is -2.35. The van der Waals surface area contributed by atoms with Gasteiger partial charge in [-0.15, -0.1) is 0 Å². The maximum absolute atomic E-state index is 2.61. The molecular formula is C33H36Si. The molecule has 0 spiro atoms. The molecule has 0 nitrogen and oxygen atoms in total. The van der Waals surface area contributed by atoms with Crippen molar-refractivity contribution in [1.82, 2.24) is 0 Å². The van der Waals surface area contributed by atoms with Crippen molar-refractivity contribution in [2.75, 3.05) is 0 Å². The molecule has 2 radical (unpaired) electrons. The summed E-state index contributed by atoms with van der Waals surface area (Å²) in [6.45, 7) is 16.6. The molecular weight excluding hydrogens is 424 g/mol. The largest absolute Gasteiger partial charge is 0.146 e. The third kappa shape index (κ3) is 3.40. The highest BCUT2D eigenvalue weighted by Crippen LogP contribution is 2.52. The van der Waals surface area contributed by atoms with Gasteiger partial charge in [-0.25, -0.2) is 0 Å². The summed E-state index contributed by atoms with van der Waals surface area (Å²) in [5.74, 6) is 0.976. The van der Waals surface area contributed by atoms with Crippen molar-refractivity contribution in [1.29, 1.82) is 0 Å². The Hall–Kier alpha value is -2.64. The highest BCUT2D eigenvalue weighted by atomic mass is 28.3. The van der Waals surface area contributed by atoms with E-state index in [0.717, 1.165) is 0 Å². The van der Waals surface area contributed by atoms with Crippen molar-refractivity contribution in [3.8, 4) is 0 Å². The molecule has 0 atom stereocenters. The lowest BCUT2D eigenvalue weighted by Crippen LogP contribution is -2.48. The molecule has 0 heterocycles. The Morgan fingerprint density at radius 2 is 1.00 bits per heavy atom. The maximum Gasteiger partial charge on any atom is 0.146 e. The van der Waals surface area contributed by atoms with E-state index in [2.05, 4.69) is 128 Å². The fourth-order valence-corrected chi connectivity index (χ4v) is 11.4. The lowest BCUT2D eigenvalue weighted by Gasteiger charge is -2.36. The normalized spacial score (nSPS) is 15.6. The molecule has 0 fully saturated rings. The second-order valence-electron chi connectivity index (χ2n) is 10.8. The van der Waals surface area contributed by atoms with Crippen molar-refractivity contribution in [3.63, 3.8) is 0 Å². The van der Waals surface area contributed by atoms with E-state index in [1.807, 2.05) is 0 Å². The van der Waals surface area contributed by atoms with Crippen LogP contribution < -0.4 is 5.19 Å². The topological polar surface area (TPSA) is 0 Å². The number of rotatable bonds is 5. The van der Waals surface area contributed by atoms with Crippen LogP contribution in [0, 0.1) is 12.8 Å². The van der Waals surface area contributed by atoms with Crippen molar-refractivity contribution < 1.29 is 0 Å². The molecule has 0 amide bonds. The second kappa shape index (κ2) is 8.54. The molecule has 3 aromatic rings. The minimum atomic E-state index is -2.35. The third-order valence-electron chi connectivity index (χ3n) is 7.89. The zero-order valence-electron chi connectivity index (χ0n) is 21.7. The van der Waals surface area contributed by atoms with Crippen LogP contribution in [0.3, 0.4) is 0 Å². The summed E-state index contributed by atoms with van der Waals surface area (Å²) in [5.41, 5.74) is 11.6. The Kier molecular flexibility index (Phi) is 5.80. The SMILES string of the molecule is CC1=C([Si](C)(C2=C(C)[CH]c3cccc(C(C)C)c32)c2ccccc2)c2c(cccc2C(C)C)[CH]1. The Bertz CT molecular complexity index is 1240. The van der Waals surface area contributed by atoms with E-state index in [4.69, 9.17) is 0 Å². The van der Waals surface area contributed by atoms with E-state index in [9.17, 15) is 0 Å². The van der Waals surface area contributed by atoms with Gasteiger partial charge in [0.1, 0.15) is 8.07 Å². The summed E-state index contributed by atoms with van der Waals surface area (Å²) < 4.78 is 0. The van der Waals surface area contributed by atoms with Gasteiger partial charge in [0.25, 0.3) is 0 Å². The smallest absolute Gasteiger partial charge is 0.0642 e. The summed E-state index contributed by atoms with van der Waals surface area (Å²) in [6, 6.07) is 25.2. The van der Waals surface area contributed by atoms with Crippen molar-refractivity contribution in [2.24, 2.45) is 0 Å². The number of allylic oxidation sites excluding steroid dienone is 2. The molecule has 2 aliphatic rings. The van der Waals surface area contributed by atoms with Crippen LogP contribution in [0.2, 0.25) is 6.55 Å². The van der Waals surface area contributed by atoms with Crippen LogP contribution in [0.4, 0.5) is 0 Å². The standard InChI is InChI=1S/C33H36Si/c1-21(2)28-17-11-13-25-19-23(5)32(30(25)28)34(7,27-15-9-8-10-16-27)33-24(6)20-26-14-12-18-29(22(3)4)31(26)33/h8-22H,1-7H3. The minimum absolute atomic E-state index is 0.488. The van der Waals surface area contributed by atoms with Crippen molar-refractivity contribution in [2.45, 2.75) is 59.9 Å². The molecule has 0 saturated heterocycles. The first-order valence-electron chi connectivity index (χ1n) is 12.7. The molecule has 0 saturated carbocycles. The highest BCUT2D eigenvalue weighted by Gasteiger charge is 2.47. The highest BCUT2D eigenvalue weighted by molar-refractivity contribution is 7.18. The fraction of sp³-hybridized carbons (Fsp3) is 0.273. The summed E-state index contributed by atoms with van der Waals surface area (Å²) in [5, 5.41) is 4.71. The fourth-order valence-electron chi connectivity index (χ4n) is 6.44. The van der Waals surface area contributed by atoms with E-state index in [0.29, 0.717) is 11.8 Å². The van der Waals surface area contributed by atoms with E-state index >= 15 is 0 Å². The molecule has 2 aliphatic carbocycles. The van der Waals surface area contributed by atoms with Crippen LogP contribution in [0.1, 0.15) is 86.8 Å². The number of hydrogen-bond acceptors (Lipinski definition) is 0. The zero-order chi connectivity index (χ0) is 24.2. The van der Waals surface area contributed by atoms with Gasteiger partial charge in [0.2, 0.25) is 0 Å². The van der Waals surface area contributed by atoms with Gasteiger partial charge in [0.05, 0.1) is 0 Å². The van der Waals surface area contributed by atoms with Gasteiger partial charge < -0.3 is 0 Å². The monoisotopic (exact) mass is 460 g/mol. The first kappa shape index (κ1) is 23.1. The average Bonchev–Trinajstić information content (AvgIpc) is 3.34. The first-order chi connectivity index (χ1) is 16.2. The number of benzene rings is 3. The Balaban J connectivity index is 1.87. The van der Waals surface area contributed by atoms with Gasteiger partial charge in [-0.2, -0.15) is 0 Å². The number of hydrogen-bond donors (Lipinski definition) is 0. The quantitative estimate of drug-likeness (QED) is 0.335. The Morgan fingerprint density at radius 3 is 1.41 bits per heavy atom. The van der Waals surface area contributed by atoms with Gasteiger partial charge in [0, 0.05) is 12.8 Å². The first-order valence-corrected chi connectivity index (χ1v) is 15.2. The summed E-state index contributed by atoms with van der Waals surface area (Å²) >= 11 is 0. The van der Waals surface area contributed by atoms with Crippen LogP contribution in [0.5, 0.6) is 0 Å². The molecule has 34 heavy (non-hydrogen) atoms. The van der Waals surface area contributed by atoms with Crippen LogP contribution >= 0.6 is 0 Å². The van der Waals surface area contributed by atoms with E-state index < -0.39 is 8.07 Å². The lowest BCUT2D eigenvalue weighted by atomic mass is 9.95. The molecule has 0 unspecified atom stereocenters. The van der Waals surface area contributed by atoms with Gasteiger partial charge in [-0.05, 0) is 74.6 Å². The molecule has 1 heteroatoms. The van der Waals surface area contributed by atoms with E-state index in [1.165, 1.54) is 49.7 Å². The molecule has 0 aliphatic heterocycles. The average molecular weight is 461 g/mol. The van der Waals surface area contributed by atoms with Gasteiger partial charge in [-0.1, -0.05) is 112 Å². The van der Waals surface area contributed by atoms with Crippen LogP contribution in [0.15, 0.2) is 77.9 Å². The second-order valence-corrected chi connectivity index (χ2v) is 14.7. The van der Waals surface area contributed by atoms with Gasteiger partial charge in [0.15, 0.2) is 0 Å². The number of fused-ring (bicyclic) bond motifs is 2. The van der Waals surface area contributed by atoms with Crippen LogP contribution in [-0.2, 0) is 0 Å². The third-order valence-corrected chi connectivity index (χ3v) is 12.7. The maximum atomic E-state index is 2.61. The Labute approximate surface area is 207 Å². The van der Waals surface area contributed by atoms with Gasteiger partial charge >= 0.3 is 0 Å².